The molecule has 0 aromatic heterocycles. The molecule has 0 radical (unpaired) electrons. The quantitative estimate of drug-likeness (QED) is 0.579. The van der Waals surface area contributed by atoms with Gasteiger partial charge in [0.15, 0.2) is 0 Å². The van der Waals surface area contributed by atoms with E-state index in [-0.39, 0.29) is 30.6 Å². The molecule has 0 bridgehead atoms. The van der Waals surface area contributed by atoms with Crippen molar-refractivity contribution in [2.75, 3.05) is 60.1 Å². The number of esters is 1. The molecule has 9 heteroatoms. The van der Waals surface area contributed by atoms with Gasteiger partial charge in [-0.15, -0.1) is 0 Å². The molecule has 9 nitrogen and oxygen atoms in total. The number of benzene rings is 1. The monoisotopic (exact) mass is 500 g/mol. The molecule has 1 aromatic carbocycles. The highest BCUT2D eigenvalue weighted by molar-refractivity contribution is 5.95. The first kappa shape index (κ1) is 27.7. The lowest BCUT2D eigenvalue weighted by Gasteiger charge is -2.36. The van der Waals surface area contributed by atoms with Gasteiger partial charge in [-0.25, -0.2) is 9.59 Å². The summed E-state index contributed by atoms with van der Waals surface area (Å²) >= 11 is 0. The van der Waals surface area contributed by atoms with Gasteiger partial charge in [-0.05, 0) is 29.9 Å². The lowest BCUT2D eigenvalue weighted by molar-refractivity contribution is -0.139. The Morgan fingerprint density at radius 3 is 2.39 bits per heavy atom. The molecular formula is C27H40N4O5. The first-order valence-corrected chi connectivity index (χ1v) is 12.6. The van der Waals surface area contributed by atoms with Crippen LogP contribution in [0.3, 0.4) is 0 Å². The smallest absolute Gasteiger partial charge is 0.338 e. The minimum absolute atomic E-state index is 0.00911. The highest BCUT2D eigenvalue weighted by Crippen LogP contribution is 2.33. The number of carbonyl (C=O) groups is 3. The fraction of sp³-hybridized carbons (Fsp3) is 0.593. The van der Waals surface area contributed by atoms with E-state index >= 15 is 0 Å². The van der Waals surface area contributed by atoms with Gasteiger partial charge < -0.3 is 19.7 Å². The molecule has 0 spiro atoms. The summed E-state index contributed by atoms with van der Waals surface area (Å²) in [4.78, 5) is 44.0. The van der Waals surface area contributed by atoms with E-state index in [4.69, 9.17) is 9.47 Å². The van der Waals surface area contributed by atoms with E-state index in [1.165, 1.54) is 17.6 Å². The van der Waals surface area contributed by atoms with Crippen LogP contribution in [0.4, 0.5) is 4.79 Å². The van der Waals surface area contributed by atoms with E-state index in [1.807, 2.05) is 24.3 Å². The van der Waals surface area contributed by atoms with E-state index in [2.05, 4.69) is 31.0 Å². The fourth-order valence-electron chi connectivity index (χ4n) is 4.63. The maximum Gasteiger partial charge on any atom is 0.338 e. The normalized spacial score (nSPS) is 19.7. The molecule has 0 aliphatic carbocycles. The van der Waals surface area contributed by atoms with Crippen molar-refractivity contribution in [1.29, 1.82) is 0 Å². The number of hydrogen-bond acceptors (Lipinski definition) is 6. The zero-order valence-corrected chi connectivity index (χ0v) is 22.4. The molecule has 3 amide bonds. The molecule has 36 heavy (non-hydrogen) atoms. The molecular weight excluding hydrogens is 460 g/mol. The van der Waals surface area contributed by atoms with Crippen molar-refractivity contribution >= 4 is 17.9 Å². The predicted molar refractivity (Wildman–Crippen MR) is 137 cm³/mol. The Bertz CT molecular complexity index is 983. The van der Waals surface area contributed by atoms with Crippen LogP contribution in [0.1, 0.15) is 51.3 Å². The summed E-state index contributed by atoms with van der Waals surface area (Å²) in [6, 6.07) is 7.15. The zero-order chi connectivity index (χ0) is 26.5. The molecule has 198 valence electrons. The van der Waals surface area contributed by atoms with Crippen molar-refractivity contribution in [2.24, 2.45) is 0 Å². The molecule has 1 unspecified atom stereocenters. The van der Waals surface area contributed by atoms with Gasteiger partial charge in [0.2, 0.25) is 5.91 Å². The van der Waals surface area contributed by atoms with Crippen LogP contribution in [0.25, 0.3) is 0 Å². The van der Waals surface area contributed by atoms with Crippen molar-refractivity contribution in [3.05, 3.63) is 46.7 Å². The van der Waals surface area contributed by atoms with Gasteiger partial charge in [0.1, 0.15) is 6.61 Å². The number of methoxy groups -OCH3 is 1. The molecule has 2 aliphatic rings. The summed E-state index contributed by atoms with van der Waals surface area (Å²) in [6.45, 7) is 11.5. The van der Waals surface area contributed by atoms with Gasteiger partial charge >= 0.3 is 12.0 Å². The average molecular weight is 501 g/mol. The fourth-order valence-corrected chi connectivity index (χ4v) is 4.63. The van der Waals surface area contributed by atoms with Gasteiger partial charge in [0, 0.05) is 52.6 Å². The molecule has 1 fully saturated rings. The van der Waals surface area contributed by atoms with Crippen molar-refractivity contribution in [3.8, 4) is 0 Å². The van der Waals surface area contributed by atoms with Crippen LogP contribution in [-0.4, -0.2) is 92.7 Å². The molecule has 1 N–H and O–H groups in total. The van der Waals surface area contributed by atoms with Crippen molar-refractivity contribution < 1.29 is 23.9 Å². The molecule has 1 saturated heterocycles. The molecule has 0 saturated carbocycles. The summed E-state index contributed by atoms with van der Waals surface area (Å²) in [5.41, 5.74) is 3.06. The highest BCUT2D eigenvalue weighted by atomic mass is 16.5. The van der Waals surface area contributed by atoms with E-state index in [0.717, 1.165) is 18.5 Å². The number of likely N-dealkylation sites (N-methyl/N-ethyl adjacent to an activating group) is 1. The molecule has 3 rings (SSSR count). The number of amides is 3. The Hall–Kier alpha value is -2.91. The first-order chi connectivity index (χ1) is 17.1. The van der Waals surface area contributed by atoms with Crippen LogP contribution < -0.4 is 5.32 Å². The largest absolute Gasteiger partial charge is 0.463 e. The summed E-state index contributed by atoms with van der Waals surface area (Å²) in [5, 5.41) is 2.99. The molecule has 2 heterocycles. The number of urea groups is 1. The van der Waals surface area contributed by atoms with Crippen LogP contribution in [-0.2, 0) is 24.5 Å². The Morgan fingerprint density at radius 2 is 1.78 bits per heavy atom. The number of hydrogen-bond donors (Lipinski definition) is 1. The van der Waals surface area contributed by atoms with Crippen LogP contribution in [0.5, 0.6) is 0 Å². The summed E-state index contributed by atoms with van der Waals surface area (Å²) < 4.78 is 10.5. The third-order valence-electron chi connectivity index (χ3n) is 6.76. The van der Waals surface area contributed by atoms with Gasteiger partial charge in [0.05, 0.1) is 18.2 Å². The zero-order valence-electron chi connectivity index (χ0n) is 22.4. The number of ether oxygens (including phenoxy) is 2. The summed E-state index contributed by atoms with van der Waals surface area (Å²) in [6.07, 6.45) is 0.797. The molecule has 1 aromatic rings. The van der Waals surface area contributed by atoms with Crippen LogP contribution >= 0.6 is 0 Å². The van der Waals surface area contributed by atoms with E-state index < -0.39 is 12.0 Å². The van der Waals surface area contributed by atoms with Gasteiger partial charge in [-0.3, -0.25) is 14.6 Å². The molecule has 1 atom stereocenters. The second kappa shape index (κ2) is 11.9. The number of nitrogens with one attached hydrogen (secondary N) is 1. The summed E-state index contributed by atoms with van der Waals surface area (Å²) in [7, 11) is 3.19. The van der Waals surface area contributed by atoms with Gasteiger partial charge in [0.25, 0.3) is 0 Å². The minimum Gasteiger partial charge on any atom is -0.463 e. The first-order valence-electron chi connectivity index (χ1n) is 12.6. The second-order valence-electron chi connectivity index (χ2n) is 10.3. The Balaban J connectivity index is 1.93. The minimum atomic E-state index is -0.608. The maximum atomic E-state index is 13.3. The van der Waals surface area contributed by atoms with Crippen molar-refractivity contribution in [3.63, 3.8) is 0 Å². The van der Waals surface area contributed by atoms with Crippen LogP contribution in [0.2, 0.25) is 0 Å². The lowest BCUT2D eigenvalue weighted by atomic mass is 9.85. The van der Waals surface area contributed by atoms with Crippen molar-refractivity contribution in [2.45, 2.75) is 45.6 Å². The lowest BCUT2D eigenvalue weighted by Crippen LogP contribution is -2.49. The molecule has 2 aliphatic heterocycles. The van der Waals surface area contributed by atoms with E-state index in [1.54, 1.807) is 18.9 Å². The predicted octanol–water partition coefficient (Wildman–Crippen LogP) is 2.68. The van der Waals surface area contributed by atoms with E-state index in [0.29, 0.717) is 37.4 Å². The third kappa shape index (κ3) is 6.44. The second-order valence-corrected chi connectivity index (χ2v) is 10.3. The third-order valence-corrected chi connectivity index (χ3v) is 6.76. The number of rotatable bonds is 7. The highest BCUT2D eigenvalue weighted by Gasteiger charge is 2.37. The topological polar surface area (TPSA) is 91.4 Å². The SMILES string of the molecule is CCOC(=O)C1=C(CN2CCCN(C(=O)COC)CC2)N(C)C(=O)NC1c1ccc(C(C)(C)C)cc1. The van der Waals surface area contributed by atoms with Crippen LogP contribution in [0.15, 0.2) is 35.5 Å². The number of nitrogens with zero attached hydrogens (tertiary/aromatic N) is 3. The Kier molecular flexibility index (Phi) is 9.13. The number of carbonyl (C=O) groups excluding carboxylic acids is 3. The summed E-state index contributed by atoms with van der Waals surface area (Å²) in [5.74, 6) is -0.463. The maximum absolute atomic E-state index is 13.3. The van der Waals surface area contributed by atoms with Gasteiger partial charge in [-0.2, -0.15) is 0 Å². The van der Waals surface area contributed by atoms with Crippen molar-refractivity contribution in [1.82, 2.24) is 20.0 Å². The average Bonchev–Trinajstić information content (AvgIpc) is 3.07. The standard InChI is InChI=1S/C27H40N4O5/c1-7-36-25(33)23-21(17-30-13-8-14-31(16-15-30)22(32)18-35-6)29(5)26(34)28-24(23)19-9-11-20(12-10-19)27(2,3)4/h9-12,24H,7-8,13-18H2,1-6H3,(H,28,34). The van der Waals surface area contributed by atoms with E-state index in [9.17, 15) is 14.4 Å². The van der Waals surface area contributed by atoms with Crippen LogP contribution in [0, 0.1) is 0 Å². The Labute approximate surface area is 214 Å². The van der Waals surface area contributed by atoms with Gasteiger partial charge in [-0.1, -0.05) is 45.0 Å². The Morgan fingerprint density at radius 1 is 1.08 bits per heavy atom.